The summed E-state index contributed by atoms with van der Waals surface area (Å²) in [5.41, 5.74) is 3.30. The number of nitrogens with zero attached hydrogens (tertiary/aromatic N) is 1. The number of carbonyl (C=O) groups excluding carboxylic acids is 1. The number of hydrogen-bond acceptors (Lipinski definition) is 1. The first-order valence-electron chi connectivity index (χ1n) is 9.30. The highest BCUT2D eigenvalue weighted by Crippen LogP contribution is 2.25. The molecule has 3 rings (SSSR count). The van der Waals surface area contributed by atoms with Gasteiger partial charge in [0.2, 0.25) is 5.91 Å². The van der Waals surface area contributed by atoms with Crippen molar-refractivity contribution in [1.82, 2.24) is 4.90 Å². The lowest BCUT2D eigenvalue weighted by Crippen LogP contribution is -2.34. The van der Waals surface area contributed by atoms with Gasteiger partial charge in [-0.1, -0.05) is 97.1 Å². The molecule has 3 aromatic rings. The summed E-state index contributed by atoms with van der Waals surface area (Å²) in [5, 5.41) is 0. The van der Waals surface area contributed by atoms with Gasteiger partial charge >= 0.3 is 0 Å². The molecule has 0 aromatic heterocycles. The van der Waals surface area contributed by atoms with Crippen molar-refractivity contribution in [3.63, 3.8) is 0 Å². The number of benzene rings is 3. The lowest BCUT2D eigenvalue weighted by Gasteiger charge is -2.28. The quantitative estimate of drug-likeness (QED) is 0.483. The molecular weight excluding hydrogens is 330 g/mol. The van der Waals surface area contributed by atoms with E-state index in [-0.39, 0.29) is 11.8 Å². The second-order valence-electron chi connectivity index (χ2n) is 6.65. The highest BCUT2D eigenvalue weighted by atomic mass is 16.2. The van der Waals surface area contributed by atoms with Crippen molar-refractivity contribution >= 4 is 5.91 Å². The molecule has 2 nitrogen and oxygen atoms in total. The summed E-state index contributed by atoms with van der Waals surface area (Å²) in [6.07, 6.45) is 2.46. The van der Waals surface area contributed by atoms with Crippen LogP contribution in [-0.4, -0.2) is 10.8 Å². The summed E-state index contributed by atoms with van der Waals surface area (Å²) in [6, 6.07) is 30.3. The van der Waals surface area contributed by atoms with Crippen LogP contribution in [0.15, 0.2) is 104 Å². The predicted molar refractivity (Wildman–Crippen MR) is 111 cm³/mol. The van der Waals surface area contributed by atoms with E-state index < -0.39 is 0 Å². The normalized spacial score (nSPS) is 11.6. The van der Waals surface area contributed by atoms with E-state index in [1.54, 1.807) is 0 Å². The molecule has 0 fully saturated rings. The van der Waals surface area contributed by atoms with Crippen LogP contribution in [0.2, 0.25) is 0 Å². The fourth-order valence-electron chi connectivity index (χ4n) is 3.27. The highest BCUT2D eigenvalue weighted by Gasteiger charge is 2.25. The Labute approximate surface area is 161 Å². The summed E-state index contributed by atoms with van der Waals surface area (Å²) in [7, 11) is 0. The van der Waals surface area contributed by atoms with Crippen molar-refractivity contribution in [1.29, 1.82) is 0 Å². The molecule has 1 atom stereocenters. The fraction of sp³-hybridized carbons (Fsp3) is 0.160. The minimum absolute atomic E-state index is 0.133. The summed E-state index contributed by atoms with van der Waals surface area (Å²) >= 11 is 0. The maximum atomic E-state index is 13.5. The molecule has 3 aromatic carbocycles. The van der Waals surface area contributed by atoms with E-state index in [0.717, 1.165) is 16.7 Å². The average molecular weight is 355 g/mol. The maximum absolute atomic E-state index is 13.5. The SMILES string of the molecule is C=CCC(C(=O)N(Cc1ccccc1)Cc1ccccc1)c1ccccc1. The number of hydrogen-bond donors (Lipinski definition) is 0. The van der Waals surface area contributed by atoms with E-state index in [1.807, 2.05) is 77.7 Å². The summed E-state index contributed by atoms with van der Waals surface area (Å²) in [4.78, 5) is 15.5. The van der Waals surface area contributed by atoms with Crippen LogP contribution >= 0.6 is 0 Å². The smallest absolute Gasteiger partial charge is 0.231 e. The minimum Gasteiger partial charge on any atom is -0.334 e. The van der Waals surface area contributed by atoms with Crippen molar-refractivity contribution in [3.8, 4) is 0 Å². The Hall–Kier alpha value is -3.13. The van der Waals surface area contributed by atoms with E-state index in [4.69, 9.17) is 0 Å². The van der Waals surface area contributed by atoms with Gasteiger partial charge in [-0.2, -0.15) is 0 Å². The van der Waals surface area contributed by atoms with Gasteiger partial charge in [0.25, 0.3) is 0 Å². The topological polar surface area (TPSA) is 20.3 Å². The lowest BCUT2D eigenvalue weighted by molar-refractivity contribution is -0.134. The lowest BCUT2D eigenvalue weighted by atomic mass is 9.93. The van der Waals surface area contributed by atoms with Gasteiger partial charge < -0.3 is 4.90 Å². The van der Waals surface area contributed by atoms with Crippen LogP contribution in [0.1, 0.15) is 29.0 Å². The van der Waals surface area contributed by atoms with Crippen molar-refractivity contribution in [2.45, 2.75) is 25.4 Å². The van der Waals surface area contributed by atoms with Crippen molar-refractivity contribution in [2.24, 2.45) is 0 Å². The third-order valence-corrected chi connectivity index (χ3v) is 4.65. The molecule has 0 saturated heterocycles. The van der Waals surface area contributed by atoms with E-state index >= 15 is 0 Å². The molecule has 0 aliphatic carbocycles. The minimum atomic E-state index is -0.212. The van der Waals surface area contributed by atoms with Crippen LogP contribution in [0, 0.1) is 0 Å². The monoisotopic (exact) mass is 355 g/mol. The molecular formula is C25H25NO. The zero-order chi connectivity index (χ0) is 18.9. The number of amides is 1. The Morgan fingerprint density at radius 3 is 1.67 bits per heavy atom. The van der Waals surface area contributed by atoms with Gasteiger partial charge in [-0.25, -0.2) is 0 Å². The summed E-state index contributed by atoms with van der Waals surface area (Å²) < 4.78 is 0. The van der Waals surface area contributed by atoms with Crippen LogP contribution in [0.3, 0.4) is 0 Å². The van der Waals surface area contributed by atoms with Gasteiger partial charge in [-0.3, -0.25) is 4.79 Å². The fourth-order valence-corrected chi connectivity index (χ4v) is 3.27. The molecule has 0 aliphatic rings. The van der Waals surface area contributed by atoms with E-state index in [2.05, 4.69) is 30.8 Å². The van der Waals surface area contributed by atoms with Gasteiger partial charge in [0.15, 0.2) is 0 Å². The van der Waals surface area contributed by atoms with E-state index in [0.29, 0.717) is 19.5 Å². The molecule has 2 heteroatoms. The second kappa shape index (κ2) is 9.54. The molecule has 0 N–H and O–H groups in total. The van der Waals surface area contributed by atoms with Gasteiger partial charge in [0, 0.05) is 13.1 Å². The maximum Gasteiger partial charge on any atom is 0.231 e. The average Bonchev–Trinajstić information content (AvgIpc) is 2.73. The first kappa shape index (κ1) is 18.7. The van der Waals surface area contributed by atoms with Crippen molar-refractivity contribution in [2.75, 3.05) is 0 Å². The Morgan fingerprint density at radius 1 is 0.778 bits per heavy atom. The molecule has 1 amide bonds. The Bertz CT molecular complexity index is 802. The summed E-state index contributed by atoms with van der Waals surface area (Å²) in [6.45, 7) is 5.05. The molecule has 0 spiro atoms. The van der Waals surface area contributed by atoms with Crippen LogP contribution in [0.25, 0.3) is 0 Å². The first-order chi connectivity index (χ1) is 13.3. The molecule has 1 unspecified atom stereocenters. The van der Waals surface area contributed by atoms with Gasteiger partial charge in [0.1, 0.15) is 0 Å². The van der Waals surface area contributed by atoms with Gasteiger partial charge in [0.05, 0.1) is 5.92 Å². The Balaban J connectivity index is 1.89. The Kier molecular flexibility index (Phi) is 6.59. The third-order valence-electron chi connectivity index (χ3n) is 4.65. The second-order valence-corrected chi connectivity index (χ2v) is 6.65. The van der Waals surface area contributed by atoms with Crippen LogP contribution in [0.4, 0.5) is 0 Å². The van der Waals surface area contributed by atoms with E-state index in [1.165, 1.54) is 0 Å². The molecule has 0 saturated carbocycles. The number of carbonyl (C=O) groups is 1. The number of allylic oxidation sites excluding steroid dienone is 1. The van der Waals surface area contributed by atoms with Crippen LogP contribution in [0.5, 0.6) is 0 Å². The molecule has 0 bridgehead atoms. The van der Waals surface area contributed by atoms with Gasteiger partial charge in [-0.15, -0.1) is 6.58 Å². The largest absolute Gasteiger partial charge is 0.334 e. The Morgan fingerprint density at radius 2 is 1.22 bits per heavy atom. The molecule has 0 heterocycles. The highest BCUT2D eigenvalue weighted by molar-refractivity contribution is 5.84. The van der Waals surface area contributed by atoms with Crippen LogP contribution < -0.4 is 0 Å². The predicted octanol–water partition coefficient (Wildman–Crippen LogP) is 5.58. The standard InChI is InChI=1S/C25H25NO/c1-2-12-24(23-17-10-5-11-18-23)25(27)26(19-21-13-6-3-7-14-21)20-22-15-8-4-9-16-22/h2-11,13-18,24H,1,12,19-20H2. The first-order valence-corrected chi connectivity index (χ1v) is 9.30. The zero-order valence-electron chi connectivity index (χ0n) is 15.5. The summed E-state index contributed by atoms with van der Waals surface area (Å²) in [5.74, 6) is -0.0788. The molecule has 136 valence electrons. The molecule has 27 heavy (non-hydrogen) atoms. The van der Waals surface area contributed by atoms with Crippen LogP contribution in [-0.2, 0) is 17.9 Å². The van der Waals surface area contributed by atoms with Crippen molar-refractivity contribution < 1.29 is 4.79 Å². The zero-order valence-corrected chi connectivity index (χ0v) is 15.5. The van der Waals surface area contributed by atoms with Crippen molar-refractivity contribution in [3.05, 3.63) is 120 Å². The van der Waals surface area contributed by atoms with Gasteiger partial charge in [-0.05, 0) is 23.1 Å². The molecule has 0 radical (unpaired) electrons. The number of rotatable bonds is 8. The third kappa shape index (κ3) is 5.18. The van der Waals surface area contributed by atoms with E-state index in [9.17, 15) is 4.79 Å². The molecule has 0 aliphatic heterocycles.